The first-order valence-electron chi connectivity index (χ1n) is 7.87. The van der Waals surface area contributed by atoms with Crippen molar-refractivity contribution in [3.63, 3.8) is 0 Å². The molecule has 1 fully saturated rings. The van der Waals surface area contributed by atoms with Crippen LogP contribution < -0.4 is 5.32 Å². The van der Waals surface area contributed by atoms with Gasteiger partial charge in [-0.25, -0.2) is 0 Å². The molecule has 5 nitrogen and oxygen atoms in total. The topological polar surface area (TPSA) is 56.2 Å². The van der Waals surface area contributed by atoms with E-state index in [-0.39, 0.29) is 11.8 Å². The fourth-order valence-corrected chi connectivity index (χ4v) is 3.00. The summed E-state index contributed by atoms with van der Waals surface area (Å²) in [5, 5.41) is 7.34. The quantitative estimate of drug-likeness (QED) is 0.867. The highest BCUT2D eigenvalue weighted by Crippen LogP contribution is 2.21. The summed E-state index contributed by atoms with van der Waals surface area (Å²) in [6.45, 7) is 2.61. The van der Waals surface area contributed by atoms with Crippen molar-refractivity contribution in [2.75, 3.05) is 18.5 Å². The van der Waals surface area contributed by atoms with E-state index in [1.807, 2.05) is 10.9 Å². The molecule has 114 valence electrons. The summed E-state index contributed by atoms with van der Waals surface area (Å²) in [6.07, 6.45) is 12.9. The first-order valence-corrected chi connectivity index (χ1v) is 7.87. The number of hydrogen-bond acceptors (Lipinski definition) is 3. The largest absolute Gasteiger partial charge is 0.381 e. The molecule has 0 radical (unpaired) electrons. The molecule has 1 saturated heterocycles. The molecule has 5 heteroatoms. The predicted molar refractivity (Wildman–Crippen MR) is 80.9 cm³/mol. The molecule has 1 amide bonds. The Morgan fingerprint density at radius 3 is 2.95 bits per heavy atom. The summed E-state index contributed by atoms with van der Waals surface area (Å²) in [5.74, 6) is 0.851. The van der Waals surface area contributed by atoms with Crippen LogP contribution in [0.3, 0.4) is 0 Å². The van der Waals surface area contributed by atoms with E-state index in [0.717, 1.165) is 57.6 Å². The second-order valence-corrected chi connectivity index (χ2v) is 5.98. The lowest BCUT2D eigenvalue weighted by Gasteiger charge is -2.21. The molecule has 1 atom stereocenters. The van der Waals surface area contributed by atoms with Gasteiger partial charge in [-0.05, 0) is 38.0 Å². The van der Waals surface area contributed by atoms with Gasteiger partial charge in [-0.1, -0.05) is 12.2 Å². The maximum atomic E-state index is 12.2. The minimum atomic E-state index is 0.105. The molecular formula is C16H23N3O2. The number of allylic oxidation sites excluding steroid dienone is 2. The van der Waals surface area contributed by atoms with Crippen LogP contribution in [0.2, 0.25) is 0 Å². The first-order chi connectivity index (χ1) is 10.3. The standard InChI is InChI=1S/C16H23N3O2/c20-16(14-4-2-1-3-5-14)18-15-10-17-19(12-15)11-13-6-8-21-9-7-13/h1-2,10,12-14H,3-9,11H2,(H,18,20)/t14-/m1/s1. The second-order valence-electron chi connectivity index (χ2n) is 5.98. The highest BCUT2D eigenvalue weighted by Gasteiger charge is 2.19. The Morgan fingerprint density at radius 2 is 2.19 bits per heavy atom. The second kappa shape index (κ2) is 6.89. The van der Waals surface area contributed by atoms with E-state index < -0.39 is 0 Å². The van der Waals surface area contributed by atoms with Gasteiger partial charge in [0.25, 0.3) is 0 Å². The SMILES string of the molecule is O=C(Nc1cnn(CC2CCOCC2)c1)[C@@H]1CC=CCC1. The third-order valence-electron chi connectivity index (χ3n) is 4.33. The Hall–Kier alpha value is -1.62. The minimum absolute atomic E-state index is 0.105. The number of aromatic nitrogens is 2. The average molecular weight is 289 g/mol. The van der Waals surface area contributed by atoms with Gasteiger partial charge in [-0.2, -0.15) is 5.10 Å². The Bertz CT molecular complexity index is 503. The summed E-state index contributed by atoms with van der Waals surface area (Å²) >= 11 is 0. The lowest BCUT2D eigenvalue weighted by Crippen LogP contribution is -2.23. The normalized spacial score (nSPS) is 23.1. The maximum absolute atomic E-state index is 12.2. The molecule has 21 heavy (non-hydrogen) atoms. The van der Waals surface area contributed by atoms with Crippen molar-refractivity contribution in [2.45, 2.75) is 38.6 Å². The number of carbonyl (C=O) groups excluding carboxylic acids is 1. The van der Waals surface area contributed by atoms with Crippen molar-refractivity contribution < 1.29 is 9.53 Å². The van der Waals surface area contributed by atoms with E-state index in [0.29, 0.717) is 5.92 Å². The van der Waals surface area contributed by atoms with Crippen molar-refractivity contribution in [2.24, 2.45) is 11.8 Å². The van der Waals surface area contributed by atoms with Crippen LogP contribution in [0.25, 0.3) is 0 Å². The Kier molecular flexibility index (Phi) is 4.70. The zero-order chi connectivity index (χ0) is 14.5. The van der Waals surface area contributed by atoms with Gasteiger partial charge in [0.2, 0.25) is 5.91 Å². The molecule has 2 aliphatic rings. The van der Waals surface area contributed by atoms with Crippen LogP contribution in [0.5, 0.6) is 0 Å². The lowest BCUT2D eigenvalue weighted by molar-refractivity contribution is -0.120. The summed E-state index contributed by atoms with van der Waals surface area (Å²) in [5.41, 5.74) is 0.807. The van der Waals surface area contributed by atoms with E-state index in [1.54, 1.807) is 6.20 Å². The summed E-state index contributed by atoms with van der Waals surface area (Å²) in [7, 11) is 0. The molecule has 1 N–H and O–H groups in total. The molecule has 0 unspecified atom stereocenters. The molecule has 2 heterocycles. The Morgan fingerprint density at radius 1 is 1.33 bits per heavy atom. The average Bonchev–Trinajstić information content (AvgIpc) is 2.96. The smallest absolute Gasteiger partial charge is 0.227 e. The molecular weight excluding hydrogens is 266 g/mol. The van der Waals surface area contributed by atoms with E-state index in [9.17, 15) is 4.79 Å². The Labute approximate surface area is 125 Å². The van der Waals surface area contributed by atoms with Crippen molar-refractivity contribution >= 4 is 11.6 Å². The number of rotatable bonds is 4. The van der Waals surface area contributed by atoms with Crippen molar-refractivity contribution in [3.8, 4) is 0 Å². The van der Waals surface area contributed by atoms with Gasteiger partial charge in [-0.15, -0.1) is 0 Å². The number of ether oxygens (including phenoxy) is 1. The van der Waals surface area contributed by atoms with Crippen LogP contribution in [0.1, 0.15) is 32.1 Å². The van der Waals surface area contributed by atoms with Crippen molar-refractivity contribution in [1.82, 2.24) is 9.78 Å². The summed E-state index contributed by atoms with van der Waals surface area (Å²) in [6, 6.07) is 0. The number of amides is 1. The fourth-order valence-electron chi connectivity index (χ4n) is 3.00. The Balaban J connectivity index is 1.52. The zero-order valence-electron chi connectivity index (χ0n) is 12.3. The molecule has 3 rings (SSSR count). The van der Waals surface area contributed by atoms with E-state index in [2.05, 4.69) is 22.6 Å². The van der Waals surface area contributed by atoms with Crippen LogP contribution in [-0.2, 0) is 16.1 Å². The van der Waals surface area contributed by atoms with Crippen LogP contribution in [-0.4, -0.2) is 28.9 Å². The number of anilines is 1. The molecule has 1 aliphatic carbocycles. The molecule has 0 aromatic carbocycles. The van der Waals surface area contributed by atoms with Gasteiger partial charge in [0.1, 0.15) is 0 Å². The third-order valence-corrected chi connectivity index (χ3v) is 4.33. The maximum Gasteiger partial charge on any atom is 0.227 e. The van der Waals surface area contributed by atoms with Gasteiger partial charge in [-0.3, -0.25) is 9.48 Å². The van der Waals surface area contributed by atoms with Gasteiger partial charge in [0.05, 0.1) is 11.9 Å². The predicted octanol–water partition coefficient (Wildman–Crippen LogP) is 2.60. The van der Waals surface area contributed by atoms with E-state index in [1.165, 1.54) is 0 Å². The molecule has 0 bridgehead atoms. The molecule has 0 spiro atoms. The van der Waals surface area contributed by atoms with Gasteiger partial charge >= 0.3 is 0 Å². The third kappa shape index (κ3) is 3.94. The number of carbonyl (C=O) groups is 1. The van der Waals surface area contributed by atoms with Crippen LogP contribution in [0, 0.1) is 11.8 Å². The summed E-state index contributed by atoms with van der Waals surface area (Å²) < 4.78 is 7.31. The first kappa shape index (κ1) is 14.3. The van der Waals surface area contributed by atoms with Crippen molar-refractivity contribution in [3.05, 3.63) is 24.5 Å². The van der Waals surface area contributed by atoms with Gasteiger partial charge in [0.15, 0.2) is 0 Å². The number of nitrogens with one attached hydrogen (secondary N) is 1. The van der Waals surface area contributed by atoms with Crippen LogP contribution in [0.4, 0.5) is 5.69 Å². The van der Waals surface area contributed by atoms with Gasteiger partial charge in [0, 0.05) is 31.9 Å². The molecule has 1 aromatic rings. The molecule has 0 saturated carbocycles. The van der Waals surface area contributed by atoms with E-state index >= 15 is 0 Å². The number of nitrogens with zero attached hydrogens (tertiary/aromatic N) is 2. The highest BCUT2D eigenvalue weighted by molar-refractivity contribution is 5.92. The van der Waals surface area contributed by atoms with E-state index in [4.69, 9.17) is 4.74 Å². The zero-order valence-corrected chi connectivity index (χ0v) is 12.3. The monoisotopic (exact) mass is 289 g/mol. The van der Waals surface area contributed by atoms with Crippen LogP contribution in [0.15, 0.2) is 24.5 Å². The summed E-state index contributed by atoms with van der Waals surface area (Å²) in [4.78, 5) is 12.2. The minimum Gasteiger partial charge on any atom is -0.381 e. The number of hydrogen-bond donors (Lipinski definition) is 1. The fraction of sp³-hybridized carbons (Fsp3) is 0.625. The highest BCUT2D eigenvalue weighted by atomic mass is 16.5. The van der Waals surface area contributed by atoms with Crippen LogP contribution >= 0.6 is 0 Å². The lowest BCUT2D eigenvalue weighted by atomic mass is 9.94. The molecule has 1 aliphatic heterocycles. The molecule has 1 aromatic heterocycles. The van der Waals surface area contributed by atoms with Gasteiger partial charge < -0.3 is 10.1 Å². The van der Waals surface area contributed by atoms with Crippen molar-refractivity contribution in [1.29, 1.82) is 0 Å².